The minimum Gasteiger partial charge on any atom is -0.369 e. The predicted molar refractivity (Wildman–Crippen MR) is 74.9 cm³/mol. The van der Waals surface area contributed by atoms with Crippen LogP contribution in [0.3, 0.4) is 0 Å². The molecule has 0 aliphatic rings. The molecule has 0 aliphatic heterocycles. The fourth-order valence-corrected chi connectivity index (χ4v) is 2.20. The molecular weight excluding hydrogens is 269 g/mol. The molecule has 0 amide bonds. The first-order valence-corrected chi connectivity index (χ1v) is 6.02. The first-order valence-electron chi connectivity index (χ1n) is 6.02. The van der Waals surface area contributed by atoms with Gasteiger partial charge in [0.2, 0.25) is 5.95 Å². The summed E-state index contributed by atoms with van der Waals surface area (Å²) in [5.74, 6) is -0.214. The van der Waals surface area contributed by atoms with Crippen molar-refractivity contribution in [2.45, 2.75) is 0 Å². The van der Waals surface area contributed by atoms with Crippen molar-refractivity contribution in [2.75, 3.05) is 5.73 Å². The highest BCUT2D eigenvalue weighted by Crippen LogP contribution is 2.25. The van der Waals surface area contributed by atoms with Gasteiger partial charge in [-0.15, -0.1) is 0 Å². The number of hydrogen-bond donors (Lipinski definition) is 1. The van der Waals surface area contributed by atoms with Crippen molar-refractivity contribution >= 4 is 17.0 Å². The Morgan fingerprint density at radius 2 is 1.81 bits per heavy atom. The number of anilines is 1. The van der Waals surface area contributed by atoms with Crippen LogP contribution in [0.15, 0.2) is 36.4 Å². The first-order chi connectivity index (χ1) is 10.1. The van der Waals surface area contributed by atoms with E-state index in [4.69, 9.17) is 16.3 Å². The fourth-order valence-electron chi connectivity index (χ4n) is 2.20. The molecule has 0 saturated carbocycles. The Kier molecular flexibility index (Phi) is 2.78. The number of aromatic nitrogens is 2. The van der Waals surface area contributed by atoms with E-state index in [2.05, 4.69) is 4.98 Å². The zero-order valence-corrected chi connectivity index (χ0v) is 10.7. The van der Waals surface area contributed by atoms with Gasteiger partial charge in [-0.25, -0.2) is 9.37 Å². The second-order valence-corrected chi connectivity index (χ2v) is 4.39. The molecule has 0 saturated heterocycles. The zero-order valence-electron chi connectivity index (χ0n) is 10.7. The van der Waals surface area contributed by atoms with Gasteiger partial charge in [0.05, 0.1) is 27.8 Å². The first kappa shape index (κ1) is 12.6. The standard InChI is InChI=1S/C15H8FN5/c16-11-2-4-14-13(6-11)20-15(19)21(14)12-3-1-9(7-17)10(5-12)8-18/h1-6H,(H2,19,20). The Morgan fingerprint density at radius 3 is 2.52 bits per heavy atom. The van der Waals surface area contributed by atoms with Crippen molar-refractivity contribution in [3.05, 3.63) is 53.3 Å². The summed E-state index contributed by atoms with van der Waals surface area (Å²) in [5, 5.41) is 18.0. The molecule has 2 N–H and O–H groups in total. The Hall–Kier alpha value is -3.38. The van der Waals surface area contributed by atoms with Crippen LogP contribution >= 0.6 is 0 Å². The Labute approximate surface area is 119 Å². The van der Waals surface area contributed by atoms with E-state index in [1.165, 1.54) is 12.1 Å². The third-order valence-corrected chi connectivity index (χ3v) is 3.14. The molecule has 0 aliphatic carbocycles. The molecule has 3 aromatic rings. The molecule has 5 nitrogen and oxygen atoms in total. The second kappa shape index (κ2) is 4.62. The molecule has 0 unspecified atom stereocenters. The van der Waals surface area contributed by atoms with Gasteiger partial charge in [0.25, 0.3) is 0 Å². The lowest BCUT2D eigenvalue weighted by Gasteiger charge is -2.07. The van der Waals surface area contributed by atoms with E-state index in [9.17, 15) is 4.39 Å². The maximum Gasteiger partial charge on any atom is 0.205 e. The molecule has 100 valence electrons. The summed E-state index contributed by atoms with van der Waals surface area (Å²) in [5.41, 5.74) is 8.06. The van der Waals surface area contributed by atoms with E-state index in [-0.39, 0.29) is 17.1 Å². The van der Waals surface area contributed by atoms with Gasteiger partial charge in [-0.05, 0) is 30.3 Å². The number of halogens is 1. The molecule has 3 rings (SSSR count). The lowest BCUT2D eigenvalue weighted by Crippen LogP contribution is -2.01. The van der Waals surface area contributed by atoms with Gasteiger partial charge >= 0.3 is 0 Å². The number of nitrogen functional groups attached to an aromatic ring is 1. The van der Waals surface area contributed by atoms with Crippen molar-refractivity contribution in [1.29, 1.82) is 10.5 Å². The maximum absolute atomic E-state index is 13.2. The highest BCUT2D eigenvalue weighted by atomic mass is 19.1. The summed E-state index contributed by atoms with van der Waals surface area (Å²) in [4.78, 5) is 4.10. The van der Waals surface area contributed by atoms with E-state index in [0.717, 1.165) is 0 Å². The molecular formula is C15H8FN5. The monoisotopic (exact) mass is 277 g/mol. The third-order valence-electron chi connectivity index (χ3n) is 3.14. The summed E-state index contributed by atoms with van der Waals surface area (Å²) in [6.07, 6.45) is 0. The summed E-state index contributed by atoms with van der Waals surface area (Å²) < 4.78 is 14.8. The molecule has 0 atom stereocenters. The molecule has 0 fully saturated rings. The highest BCUT2D eigenvalue weighted by molar-refractivity contribution is 5.81. The van der Waals surface area contributed by atoms with E-state index in [0.29, 0.717) is 16.7 Å². The lowest BCUT2D eigenvalue weighted by atomic mass is 10.1. The number of benzene rings is 2. The molecule has 0 radical (unpaired) electrons. The summed E-state index contributed by atoms with van der Waals surface area (Å²) in [6.45, 7) is 0. The van der Waals surface area contributed by atoms with Gasteiger partial charge < -0.3 is 5.73 Å². The van der Waals surface area contributed by atoms with E-state index in [1.807, 2.05) is 12.1 Å². The predicted octanol–water partition coefficient (Wildman–Crippen LogP) is 2.49. The second-order valence-electron chi connectivity index (χ2n) is 4.39. The van der Waals surface area contributed by atoms with Crippen molar-refractivity contribution in [2.24, 2.45) is 0 Å². The lowest BCUT2D eigenvalue weighted by molar-refractivity contribution is 0.629. The van der Waals surface area contributed by atoms with Gasteiger partial charge in [0.1, 0.15) is 18.0 Å². The van der Waals surface area contributed by atoms with E-state index >= 15 is 0 Å². The summed E-state index contributed by atoms with van der Waals surface area (Å²) in [7, 11) is 0. The number of hydrogen-bond acceptors (Lipinski definition) is 4. The maximum atomic E-state index is 13.2. The minimum absolute atomic E-state index is 0.184. The van der Waals surface area contributed by atoms with Crippen LogP contribution in [0.25, 0.3) is 16.7 Å². The van der Waals surface area contributed by atoms with Gasteiger partial charge in [0.15, 0.2) is 0 Å². The largest absolute Gasteiger partial charge is 0.369 e. The average molecular weight is 277 g/mol. The van der Waals surface area contributed by atoms with Crippen LogP contribution < -0.4 is 5.73 Å². The van der Waals surface area contributed by atoms with Gasteiger partial charge in [-0.3, -0.25) is 4.57 Å². The molecule has 0 spiro atoms. The Morgan fingerprint density at radius 1 is 1.05 bits per heavy atom. The molecule has 1 aromatic heterocycles. The number of nitrogens with two attached hydrogens (primary N) is 1. The van der Waals surface area contributed by atoms with Crippen LogP contribution in [0.5, 0.6) is 0 Å². The van der Waals surface area contributed by atoms with Gasteiger partial charge in [-0.2, -0.15) is 10.5 Å². The summed E-state index contributed by atoms with van der Waals surface area (Å²) in [6, 6.07) is 12.9. The van der Waals surface area contributed by atoms with Crippen LogP contribution in [-0.2, 0) is 0 Å². The molecule has 21 heavy (non-hydrogen) atoms. The summed E-state index contributed by atoms with van der Waals surface area (Å²) >= 11 is 0. The molecule has 1 heterocycles. The van der Waals surface area contributed by atoms with Gasteiger partial charge in [0, 0.05) is 6.07 Å². The van der Waals surface area contributed by atoms with Crippen molar-refractivity contribution in [3.8, 4) is 17.8 Å². The van der Waals surface area contributed by atoms with Crippen molar-refractivity contribution < 1.29 is 4.39 Å². The number of fused-ring (bicyclic) bond motifs is 1. The van der Waals surface area contributed by atoms with Crippen LogP contribution in [0.2, 0.25) is 0 Å². The Balaban J connectivity index is 2.29. The topological polar surface area (TPSA) is 91.4 Å². The quantitative estimate of drug-likeness (QED) is 0.739. The van der Waals surface area contributed by atoms with Crippen molar-refractivity contribution in [1.82, 2.24) is 9.55 Å². The third kappa shape index (κ3) is 1.96. The minimum atomic E-state index is -0.398. The number of imidazole rings is 1. The molecule has 0 bridgehead atoms. The molecule has 2 aromatic carbocycles. The highest BCUT2D eigenvalue weighted by Gasteiger charge is 2.12. The normalized spacial score (nSPS) is 10.2. The van der Waals surface area contributed by atoms with Crippen LogP contribution in [-0.4, -0.2) is 9.55 Å². The fraction of sp³-hybridized carbons (Fsp3) is 0. The van der Waals surface area contributed by atoms with Crippen LogP contribution in [0.4, 0.5) is 10.3 Å². The number of nitrogens with zero attached hydrogens (tertiary/aromatic N) is 4. The molecule has 6 heteroatoms. The number of rotatable bonds is 1. The Bertz CT molecular complexity index is 943. The van der Waals surface area contributed by atoms with E-state index in [1.54, 1.807) is 28.8 Å². The van der Waals surface area contributed by atoms with Crippen LogP contribution in [0, 0.1) is 28.5 Å². The van der Waals surface area contributed by atoms with Crippen LogP contribution in [0.1, 0.15) is 11.1 Å². The number of nitriles is 2. The smallest absolute Gasteiger partial charge is 0.205 e. The van der Waals surface area contributed by atoms with Gasteiger partial charge in [-0.1, -0.05) is 0 Å². The van der Waals surface area contributed by atoms with E-state index < -0.39 is 5.82 Å². The zero-order chi connectivity index (χ0) is 15.0. The average Bonchev–Trinajstić information content (AvgIpc) is 2.81. The van der Waals surface area contributed by atoms with Crippen molar-refractivity contribution in [3.63, 3.8) is 0 Å². The SMILES string of the molecule is N#Cc1ccc(-n2c(N)nc3cc(F)ccc32)cc1C#N.